The van der Waals surface area contributed by atoms with E-state index >= 15 is 0 Å². The molecule has 0 unspecified atom stereocenters. The van der Waals surface area contributed by atoms with E-state index < -0.39 is 12.0 Å². The molecule has 0 radical (unpaired) electrons. The number of rotatable bonds is 3. The van der Waals surface area contributed by atoms with Gasteiger partial charge in [0.25, 0.3) is 0 Å². The zero-order chi connectivity index (χ0) is 11.3. The van der Waals surface area contributed by atoms with Crippen LogP contribution in [0, 0.1) is 0 Å². The molecular formula is C9H16N2O3S. The van der Waals surface area contributed by atoms with Crippen LogP contribution in [0.4, 0.5) is 4.79 Å². The largest absolute Gasteiger partial charge is 0.480 e. The van der Waals surface area contributed by atoms with E-state index in [9.17, 15) is 9.59 Å². The molecule has 2 amide bonds. The topological polar surface area (TPSA) is 69.6 Å². The van der Waals surface area contributed by atoms with Crippen LogP contribution in [0.2, 0.25) is 0 Å². The number of carbonyl (C=O) groups is 2. The maximum atomic E-state index is 11.6. The van der Waals surface area contributed by atoms with Gasteiger partial charge in [0.15, 0.2) is 0 Å². The van der Waals surface area contributed by atoms with Crippen LogP contribution < -0.4 is 5.32 Å². The lowest BCUT2D eigenvalue weighted by atomic mass is 10.2. The summed E-state index contributed by atoms with van der Waals surface area (Å²) >= 11 is 1.81. The molecule has 1 rings (SSSR count). The molecule has 0 saturated carbocycles. The molecule has 0 aliphatic carbocycles. The van der Waals surface area contributed by atoms with Crippen molar-refractivity contribution in [1.29, 1.82) is 0 Å². The van der Waals surface area contributed by atoms with Gasteiger partial charge in [-0.05, 0) is 6.42 Å². The molecule has 0 bridgehead atoms. The Morgan fingerprint density at radius 2 is 2.07 bits per heavy atom. The molecule has 1 heterocycles. The van der Waals surface area contributed by atoms with Crippen LogP contribution in [-0.2, 0) is 4.79 Å². The summed E-state index contributed by atoms with van der Waals surface area (Å²) in [5, 5.41) is 11.3. The Morgan fingerprint density at radius 1 is 1.47 bits per heavy atom. The molecule has 0 aromatic heterocycles. The number of amides is 2. The van der Waals surface area contributed by atoms with Crippen LogP contribution in [0.3, 0.4) is 0 Å². The van der Waals surface area contributed by atoms with Gasteiger partial charge in [0, 0.05) is 24.6 Å². The first-order valence-electron chi connectivity index (χ1n) is 5.01. The highest BCUT2D eigenvalue weighted by atomic mass is 32.2. The fraction of sp³-hybridized carbons (Fsp3) is 0.778. The van der Waals surface area contributed by atoms with E-state index in [1.807, 2.05) is 11.8 Å². The van der Waals surface area contributed by atoms with Gasteiger partial charge in [-0.25, -0.2) is 9.59 Å². The molecule has 5 nitrogen and oxygen atoms in total. The normalized spacial score (nSPS) is 18.3. The van der Waals surface area contributed by atoms with Gasteiger partial charge in [-0.2, -0.15) is 11.8 Å². The van der Waals surface area contributed by atoms with Gasteiger partial charge in [0.05, 0.1) is 0 Å². The first-order chi connectivity index (χ1) is 7.15. The van der Waals surface area contributed by atoms with Crippen LogP contribution >= 0.6 is 11.8 Å². The molecular weight excluding hydrogens is 216 g/mol. The van der Waals surface area contributed by atoms with Crippen molar-refractivity contribution < 1.29 is 14.7 Å². The van der Waals surface area contributed by atoms with Gasteiger partial charge in [-0.1, -0.05) is 6.92 Å². The molecule has 1 aliphatic rings. The number of urea groups is 1. The fourth-order valence-corrected chi connectivity index (χ4v) is 2.25. The third-order valence-electron chi connectivity index (χ3n) is 2.30. The second kappa shape index (κ2) is 5.85. The maximum absolute atomic E-state index is 11.6. The lowest BCUT2D eigenvalue weighted by molar-refractivity contribution is -0.139. The van der Waals surface area contributed by atoms with Crippen molar-refractivity contribution in [1.82, 2.24) is 10.2 Å². The van der Waals surface area contributed by atoms with Crippen LogP contribution in [-0.4, -0.2) is 52.6 Å². The Morgan fingerprint density at radius 3 is 2.53 bits per heavy atom. The predicted molar refractivity (Wildman–Crippen MR) is 59.1 cm³/mol. The molecule has 86 valence electrons. The number of carbonyl (C=O) groups excluding carboxylic acids is 1. The van der Waals surface area contributed by atoms with E-state index in [0.717, 1.165) is 11.5 Å². The molecule has 2 N–H and O–H groups in total. The van der Waals surface area contributed by atoms with E-state index in [0.29, 0.717) is 19.5 Å². The summed E-state index contributed by atoms with van der Waals surface area (Å²) in [5.74, 6) is 0.881. The zero-order valence-corrected chi connectivity index (χ0v) is 9.55. The first-order valence-corrected chi connectivity index (χ1v) is 6.16. The Hall–Kier alpha value is -0.910. The molecule has 0 spiro atoms. The quantitative estimate of drug-likeness (QED) is 0.748. The fourth-order valence-electron chi connectivity index (χ4n) is 1.35. The van der Waals surface area contributed by atoms with Gasteiger partial charge in [0.2, 0.25) is 0 Å². The van der Waals surface area contributed by atoms with Crippen molar-refractivity contribution in [3.05, 3.63) is 0 Å². The van der Waals surface area contributed by atoms with Gasteiger partial charge in [0.1, 0.15) is 6.04 Å². The van der Waals surface area contributed by atoms with Crippen molar-refractivity contribution in [3.63, 3.8) is 0 Å². The molecule has 1 aliphatic heterocycles. The average Bonchev–Trinajstić information content (AvgIpc) is 2.26. The smallest absolute Gasteiger partial charge is 0.326 e. The first kappa shape index (κ1) is 12.2. The van der Waals surface area contributed by atoms with Crippen molar-refractivity contribution in [2.75, 3.05) is 24.6 Å². The molecule has 1 fully saturated rings. The van der Waals surface area contributed by atoms with Crippen LogP contribution in [0.1, 0.15) is 13.3 Å². The minimum Gasteiger partial charge on any atom is -0.480 e. The summed E-state index contributed by atoms with van der Waals surface area (Å²) < 4.78 is 0. The van der Waals surface area contributed by atoms with E-state index in [1.165, 1.54) is 0 Å². The molecule has 6 heteroatoms. The van der Waals surface area contributed by atoms with Crippen molar-refractivity contribution in [3.8, 4) is 0 Å². The number of carboxylic acid groups (broad SMARTS) is 1. The van der Waals surface area contributed by atoms with Gasteiger partial charge >= 0.3 is 12.0 Å². The van der Waals surface area contributed by atoms with E-state index in [1.54, 1.807) is 11.8 Å². The summed E-state index contributed by atoms with van der Waals surface area (Å²) in [6.07, 6.45) is 0.406. The molecule has 1 atom stereocenters. The minimum atomic E-state index is -0.975. The lowest BCUT2D eigenvalue weighted by Crippen LogP contribution is -2.50. The van der Waals surface area contributed by atoms with Crippen LogP contribution in [0.25, 0.3) is 0 Å². The zero-order valence-electron chi connectivity index (χ0n) is 8.73. The Balaban J connectivity index is 2.42. The maximum Gasteiger partial charge on any atom is 0.326 e. The van der Waals surface area contributed by atoms with E-state index in [4.69, 9.17) is 5.11 Å². The highest BCUT2D eigenvalue weighted by Crippen LogP contribution is 2.09. The summed E-state index contributed by atoms with van der Waals surface area (Å²) in [5.41, 5.74) is 0. The van der Waals surface area contributed by atoms with Crippen molar-refractivity contribution >= 4 is 23.8 Å². The predicted octanol–water partition coefficient (Wildman–Crippen LogP) is 0.608. The summed E-state index contributed by atoms with van der Waals surface area (Å²) in [6.45, 7) is 3.14. The van der Waals surface area contributed by atoms with Gasteiger partial charge < -0.3 is 15.3 Å². The molecule has 15 heavy (non-hydrogen) atoms. The second-order valence-electron chi connectivity index (χ2n) is 3.35. The average molecular weight is 232 g/mol. The van der Waals surface area contributed by atoms with Gasteiger partial charge in [-0.15, -0.1) is 0 Å². The SMILES string of the molecule is CC[C@@H](NC(=O)N1CCSCC1)C(=O)O. The van der Waals surface area contributed by atoms with Crippen LogP contribution in [0.5, 0.6) is 0 Å². The third-order valence-corrected chi connectivity index (χ3v) is 3.24. The highest BCUT2D eigenvalue weighted by molar-refractivity contribution is 7.99. The molecule has 1 saturated heterocycles. The number of thioether (sulfide) groups is 1. The van der Waals surface area contributed by atoms with E-state index in [-0.39, 0.29) is 6.03 Å². The van der Waals surface area contributed by atoms with Crippen molar-refractivity contribution in [2.45, 2.75) is 19.4 Å². The summed E-state index contributed by atoms with van der Waals surface area (Å²) in [6, 6.07) is -1.03. The Kier molecular flexibility index (Phi) is 4.74. The van der Waals surface area contributed by atoms with Crippen molar-refractivity contribution in [2.24, 2.45) is 0 Å². The Labute approximate surface area is 93.2 Å². The molecule has 0 aromatic carbocycles. The number of nitrogens with one attached hydrogen (secondary N) is 1. The third kappa shape index (κ3) is 3.62. The monoisotopic (exact) mass is 232 g/mol. The number of carboxylic acids is 1. The highest BCUT2D eigenvalue weighted by Gasteiger charge is 2.22. The number of hydrogen-bond donors (Lipinski definition) is 2. The summed E-state index contributed by atoms with van der Waals surface area (Å²) in [4.78, 5) is 24.0. The van der Waals surface area contributed by atoms with Crippen LogP contribution in [0.15, 0.2) is 0 Å². The minimum absolute atomic E-state index is 0.260. The molecule has 0 aromatic rings. The Bertz CT molecular complexity index is 242. The number of aliphatic carboxylic acids is 1. The second-order valence-corrected chi connectivity index (χ2v) is 4.57. The number of hydrogen-bond acceptors (Lipinski definition) is 3. The number of nitrogens with zero attached hydrogens (tertiary/aromatic N) is 1. The summed E-state index contributed by atoms with van der Waals surface area (Å²) in [7, 11) is 0. The van der Waals surface area contributed by atoms with Gasteiger partial charge in [-0.3, -0.25) is 0 Å². The van der Waals surface area contributed by atoms with E-state index in [2.05, 4.69) is 5.32 Å². The standard InChI is InChI=1S/C9H16N2O3S/c1-2-7(8(12)13)10-9(14)11-3-5-15-6-4-11/h7H,2-6H2,1H3,(H,10,14)(H,12,13)/t7-/m1/s1. The lowest BCUT2D eigenvalue weighted by Gasteiger charge is -2.27.